The summed E-state index contributed by atoms with van der Waals surface area (Å²) in [5.74, 6) is -1.02. The molecule has 1 amide bonds. The highest BCUT2D eigenvalue weighted by atomic mass is 32.1. The Hall–Kier alpha value is -3.34. The maximum atomic E-state index is 14.2. The molecule has 3 heterocycles. The molecule has 3 aromatic rings. The molecule has 1 aromatic carbocycles. The second-order valence-corrected chi connectivity index (χ2v) is 10.8. The lowest BCUT2D eigenvalue weighted by Crippen LogP contribution is -2.70. The Morgan fingerprint density at radius 3 is 2.57 bits per heavy atom. The second-order valence-electron chi connectivity index (χ2n) is 9.75. The summed E-state index contributed by atoms with van der Waals surface area (Å²) in [6.07, 6.45) is 5.37. The summed E-state index contributed by atoms with van der Waals surface area (Å²) in [4.78, 5) is 29.1. The zero-order valence-electron chi connectivity index (χ0n) is 21.3. The summed E-state index contributed by atoms with van der Waals surface area (Å²) in [5.41, 5.74) is -0.261. The van der Waals surface area contributed by atoms with Gasteiger partial charge in [-0.1, -0.05) is 24.3 Å². The summed E-state index contributed by atoms with van der Waals surface area (Å²) in [5, 5.41) is 11.2. The zero-order chi connectivity index (χ0) is 26.5. The normalized spacial score (nSPS) is 21.5. The van der Waals surface area contributed by atoms with Gasteiger partial charge in [-0.05, 0) is 50.2 Å². The summed E-state index contributed by atoms with van der Waals surface area (Å²) >= 11 is 1.15. The maximum absolute atomic E-state index is 14.2. The number of nitrogens with zero attached hydrogens (tertiary/aromatic N) is 5. The molecule has 8 nitrogen and oxygen atoms in total. The second kappa shape index (κ2) is 9.51. The number of rotatable bonds is 5. The average Bonchev–Trinajstić information content (AvgIpc) is 3.34. The average molecular weight is 530 g/mol. The monoisotopic (exact) mass is 529 g/mol. The third-order valence-corrected chi connectivity index (χ3v) is 8.63. The molecule has 2 aromatic heterocycles. The van der Waals surface area contributed by atoms with E-state index in [9.17, 15) is 18.4 Å². The number of pyridine rings is 1. The predicted molar refractivity (Wildman–Crippen MR) is 137 cm³/mol. The lowest BCUT2D eigenvalue weighted by molar-refractivity contribution is 0.00861. The van der Waals surface area contributed by atoms with Crippen molar-refractivity contribution in [2.45, 2.75) is 51.6 Å². The van der Waals surface area contributed by atoms with Gasteiger partial charge in [0, 0.05) is 32.3 Å². The van der Waals surface area contributed by atoms with E-state index in [0.29, 0.717) is 22.5 Å². The molecule has 1 fully saturated rings. The van der Waals surface area contributed by atoms with Crippen LogP contribution in [0.25, 0.3) is 10.6 Å². The first-order chi connectivity index (χ1) is 17.7. The van der Waals surface area contributed by atoms with Crippen molar-refractivity contribution in [1.29, 1.82) is 0 Å². The Labute approximate surface area is 217 Å². The number of amides is 1. The van der Waals surface area contributed by atoms with Gasteiger partial charge in [-0.15, -0.1) is 10.2 Å². The van der Waals surface area contributed by atoms with E-state index >= 15 is 0 Å². The summed E-state index contributed by atoms with van der Waals surface area (Å²) < 4.78 is 34.7. The van der Waals surface area contributed by atoms with E-state index in [2.05, 4.69) is 17.1 Å². The van der Waals surface area contributed by atoms with E-state index in [0.717, 1.165) is 43.1 Å². The minimum absolute atomic E-state index is 0.0480. The van der Waals surface area contributed by atoms with Crippen LogP contribution in [0.5, 0.6) is 5.75 Å². The largest absolute Gasteiger partial charge is 0.491 e. The molecule has 0 bridgehead atoms. The number of benzene rings is 1. The Balaban J connectivity index is 1.59. The van der Waals surface area contributed by atoms with E-state index in [1.54, 1.807) is 10.9 Å². The number of halogens is 2. The molecule has 0 N–H and O–H groups in total. The summed E-state index contributed by atoms with van der Waals surface area (Å²) in [6, 6.07) is 3.38. The fourth-order valence-corrected chi connectivity index (χ4v) is 6.43. The minimum Gasteiger partial charge on any atom is -0.491 e. The Morgan fingerprint density at radius 2 is 1.92 bits per heavy atom. The number of hydrogen-bond donors (Lipinski definition) is 0. The molecule has 2 aliphatic rings. The number of carbonyl (C=O) groups excluding carboxylic acids is 1. The molecular weight excluding hydrogens is 500 g/mol. The van der Waals surface area contributed by atoms with Crippen LogP contribution in [0.3, 0.4) is 0 Å². The van der Waals surface area contributed by atoms with Crippen LogP contribution in [-0.4, -0.2) is 52.0 Å². The van der Waals surface area contributed by atoms with Crippen LogP contribution in [0, 0.1) is 17.6 Å². The highest BCUT2D eigenvalue weighted by Gasteiger charge is 2.50. The van der Waals surface area contributed by atoms with Gasteiger partial charge in [0.25, 0.3) is 5.91 Å². The van der Waals surface area contributed by atoms with Gasteiger partial charge in [-0.3, -0.25) is 19.3 Å². The Kier molecular flexibility index (Phi) is 6.51. The molecule has 1 spiro atoms. The van der Waals surface area contributed by atoms with Gasteiger partial charge in [0.05, 0.1) is 12.7 Å². The third-order valence-electron chi connectivity index (χ3n) is 7.67. The molecule has 0 unspecified atom stereocenters. The lowest BCUT2D eigenvalue weighted by Gasteiger charge is -2.56. The minimum atomic E-state index is -0.667. The molecular formula is C26H29F2N5O3S. The first-order valence-electron chi connectivity index (χ1n) is 12.4. The van der Waals surface area contributed by atoms with Crippen LogP contribution in [0.15, 0.2) is 29.2 Å². The first kappa shape index (κ1) is 25.3. The summed E-state index contributed by atoms with van der Waals surface area (Å²) in [7, 11) is 3.31. The van der Waals surface area contributed by atoms with E-state index in [1.165, 1.54) is 19.2 Å². The van der Waals surface area contributed by atoms with Crippen molar-refractivity contribution in [2.75, 3.05) is 25.7 Å². The van der Waals surface area contributed by atoms with Gasteiger partial charge in [0.2, 0.25) is 5.43 Å². The lowest BCUT2D eigenvalue weighted by atomic mass is 9.80. The van der Waals surface area contributed by atoms with Gasteiger partial charge in [0.1, 0.15) is 22.3 Å². The van der Waals surface area contributed by atoms with Crippen molar-refractivity contribution in [1.82, 2.24) is 19.8 Å². The highest BCUT2D eigenvalue weighted by Crippen LogP contribution is 2.42. The SMILES string of the molecule is CCN1C(=O)c2c(OC)c(=O)c(-c3nnc(Cc4ccc(F)cc4F)s3)cn2N(C)C12CCC(C)CC2. The topological polar surface area (TPSA) is 80.6 Å². The van der Waals surface area contributed by atoms with Crippen molar-refractivity contribution in [3.05, 3.63) is 62.5 Å². The van der Waals surface area contributed by atoms with Gasteiger partial charge < -0.3 is 9.64 Å². The Morgan fingerprint density at radius 1 is 1.19 bits per heavy atom. The molecule has 5 rings (SSSR count). The third kappa shape index (κ3) is 4.09. The smallest absolute Gasteiger partial charge is 0.278 e. The van der Waals surface area contributed by atoms with Crippen molar-refractivity contribution in [2.24, 2.45) is 5.92 Å². The first-order valence-corrected chi connectivity index (χ1v) is 13.2. The molecule has 196 valence electrons. The van der Waals surface area contributed by atoms with Crippen LogP contribution in [0.1, 0.15) is 60.6 Å². The highest BCUT2D eigenvalue weighted by molar-refractivity contribution is 7.14. The molecule has 1 saturated carbocycles. The van der Waals surface area contributed by atoms with Gasteiger partial charge in [-0.2, -0.15) is 0 Å². The standard InChI is InChI=1S/C26H29F2N5O3S/c1-5-32-25(35)21-23(36-4)22(34)18(14-33(21)31(3)26(32)10-8-15(2)9-11-26)24-30-29-20(37-24)12-16-6-7-17(27)13-19(16)28/h6-7,13-15H,5,8-12H2,1-4H3. The van der Waals surface area contributed by atoms with Gasteiger partial charge in [-0.25, -0.2) is 8.78 Å². The molecule has 0 radical (unpaired) electrons. The van der Waals surface area contributed by atoms with Crippen LogP contribution in [0.4, 0.5) is 8.78 Å². The van der Waals surface area contributed by atoms with E-state index in [-0.39, 0.29) is 34.9 Å². The number of carbonyl (C=O) groups is 1. The number of fused-ring (bicyclic) bond motifs is 1. The van der Waals surface area contributed by atoms with Gasteiger partial charge in [0.15, 0.2) is 16.5 Å². The summed E-state index contributed by atoms with van der Waals surface area (Å²) in [6.45, 7) is 4.69. The predicted octanol–water partition coefficient (Wildman–Crippen LogP) is 4.19. The van der Waals surface area contributed by atoms with Crippen LogP contribution in [-0.2, 0) is 6.42 Å². The van der Waals surface area contributed by atoms with Crippen LogP contribution >= 0.6 is 11.3 Å². The van der Waals surface area contributed by atoms with Crippen molar-refractivity contribution >= 4 is 17.2 Å². The zero-order valence-corrected chi connectivity index (χ0v) is 22.1. The molecule has 0 atom stereocenters. The molecule has 0 saturated heterocycles. The van der Waals surface area contributed by atoms with Crippen LogP contribution in [0.2, 0.25) is 0 Å². The van der Waals surface area contributed by atoms with Crippen LogP contribution < -0.4 is 15.2 Å². The number of ether oxygens (including phenoxy) is 1. The van der Waals surface area contributed by atoms with E-state index < -0.39 is 22.7 Å². The van der Waals surface area contributed by atoms with Crippen molar-refractivity contribution < 1.29 is 18.3 Å². The fourth-order valence-electron chi connectivity index (χ4n) is 5.56. The Bertz CT molecular complexity index is 1410. The van der Waals surface area contributed by atoms with E-state index in [4.69, 9.17) is 4.74 Å². The quantitative estimate of drug-likeness (QED) is 0.493. The molecule has 11 heteroatoms. The number of hydrogen-bond acceptors (Lipinski definition) is 7. The molecule has 1 aliphatic heterocycles. The van der Waals surface area contributed by atoms with Crippen molar-refractivity contribution in [3.8, 4) is 16.3 Å². The number of methoxy groups -OCH3 is 1. The van der Waals surface area contributed by atoms with Crippen molar-refractivity contribution in [3.63, 3.8) is 0 Å². The molecule has 37 heavy (non-hydrogen) atoms. The number of aromatic nitrogens is 3. The molecule has 1 aliphatic carbocycles. The maximum Gasteiger partial charge on any atom is 0.278 e. The van der Waals surface area contributed by atoms with E-state index in [1.807, 2.05) is 23.9 Å². The fraction of sp³-hybridized carbons (Fsp3) is 0.462. The van der Waals surface area contributed by atoms with Gasteiger partial charge >= 0.3 is 0 Å².